The fraction of sp³-hybridized carbons (Fsp3) is 0.923. The minimum atomic E-state index is 0.107. The van der Waals surface area contributed by atoms with Crippen LogP contribution in [0.3, 0.4) is 0 Å². The summed E-state index contributed by atoms with van der Waals surface area (Å²) >= 11 is 0. The van der Waals surface area contributed by atoms with Gasteiger partial charge in [0.25, 0.3) is 0 Å². The molecule has 0 aromatic rings. The SMILES string of the molecule is CCC1CCCN1C(=O)CCNC(C)(C)C. The maximum Gasteiger partial charge on any atom is 0.224 e. The number of nitrogens with one attached hydrogen (secondary N) is 1. The van der Waals surface area contributed by atoms with E-state index < -0.39 is 0 Å². The van der Waals surface area contributed by atoms with Gasteiger partial charge in [-0.2, -0.15) is 0 Å². The Labute approximate surface area is 99.6 Å². The number of likely N-dealkylation sites (tertiary alicyclic amines) is 1. The normalized spacial score (nSPS) is 21.5. The molecular weight excluding hydrogens is 200 g/mol. The summed E-state index contributed by atoms with van der Waals surface area (Å²) in [4.78, 5) is 14.1. The number of hydrogen-bond donors (Lipinski definition) is 1. The zero-order valence-electron chi connectivity index (χ0n) is 11.2. The second kappa shape index (κ2) is 5.67. The quantitative estimate of drug-likeness (QED) is 0.797. The van der Waals surface area contributed by atoms with Crippen LogP contribution in [0.1, 0.15) is 53.4 Å². The number of carbonyl (C=O) groups excluding carboxylic acids is 1. The minimum Gasteiger partial charge on any atom is -0.340 e. The van der Waals surface area contributed by atoms with E-state index in [1.165, 1.54) is 12.8 Å². The highest BCUT2D eigenvalue weighted by Gasteiger charge is 2.26. The van der Waals surface area contributed by atoms with E-state index in [-0.39, 0.29) is 5.54 Å². The van der Waals surface area contributed by atoms with Crippen LogP contribution in [-0.4, -0.2) is 35.5 Å². The van der Waals surface area contributed by atoms with Crippen molar-refractivity contribution in [1.29, 1.82) is 0 Å². The fourth-order valence-electron chi connectivity index (χ4n) is 2.28. The molecule has 1 atom stereocenters. The van der Waals surface area contributed by atoms with Crippen LogP contribution < -0.4 is 5.32 Å². The average molecular weight is 226 g/mol. The zero-order valence-corrected chi connectivity index (χ0v) is 11.2. The number of rotatable bonds is 4. The number of hydrogen-bond acceptors (Lipinski definition) is 2. The molecule has 3 heteroatoms. The van der Waals surface area contributed by atoms with Crippen molar-refractivity contribution < 1.29 is 4.79 Å². The first-order valence-corrected chi connectivity index (χ1v) is 6.48. The van der Waals surface area contributed by atoms with E-state index in [2.05, 4.69) is 37.9 Å². The van der Waals surface area contributed by atoms with Crippen LogP contribution in [0.25, 0.3) is 0 Å². The maximum absolute atomic E-state index is 12.0. The van der Waals surface area contributed by atoms with Crippen molar-refractivity contribution in [2.45, 2.75) is 65.0 Å². The highest BCUT2D eigenvalue weighted by Crippen LogP contribution is 2.20. The fourth-order valence-corrected chi connectivity index (χ4v) is 2.28. The van der Waals surface area contributed by atoms with E-state index >= 15 is 0 Å². The average Bonchev–Trinajstić information content (AvgIpc) is 2.63. The first-order chi connectivity index (χ1) is 7.44. The Bertz CT molecular complexity index is 233. The Morgan fingerprint density at radius 1 is 1.44 bits per heavy atom. The van der Waals surface area contributed by atoms with Gasteiger partial charge in [-0.1, -0.05) is 6.92 Å². The molecule has 0 aromatic carbocycles. The van der Waals surface area contributed by atoms with Crippen LogP contribution >= 0.6 is 0 Å². The lowest BCUT2D eigenvalue weighted by Gasteiger charge is -2.25. The summed E-state index contributed by atoms with van der Waals surface area (Å²) < 4.78 is 0. The van der Waals surface area contributed by atoms with Crippen molar-refractivity contribution in [3.05, 3.63) is 0 Å². The molecule has 1 saturated heterocycles. The molecule has 1 unspecified atom stereocenters. The summed E-state index contributed by atoms with van der Waals surface area (Å²) in [6.45, 7) is 10.3. The molecule has 0 spiro atoms. The van der Waals surface area contributed by atoms with Gasteiger partial charge < -0.3 is 10.2 Å². The number of amides is 1. The molecule has 16 heavy (non-hydrogen) atoms. The first kappa shape index (κ1) is 13.5. The molecular formula is C13H26N2O. The van der Waals surface area contributed by atoms with Crippen LogP contribution in [0, 0.1) is 0 Å². The third-order valence-corrected chi connectivity index (χ3v) is 3.16. The topological polar surface area (TPSA) is 32.3 Å². The number of carbonyl (C=O) groups is 1. The predicted molar refractivity (Wildman–Crippen MR) is 67.4 cm³/mol. The smallest absolute Gasteiger partial charge is 0.224 e. The molecule has 0 aliphatic carbocycles. The Hall–Kier alpha value is -0.570. The monoisotopic (exact) mass is 226 g/mol. The van der Waals surface area contributed by atoms with Crippen molar-refractivity contribution in [2.24, 2.45) is 0 Å². The summed E-state index contributed by atoms with van der Waals surface area (Å²) in [7, 11) is 0. The summed E-state index contributed by atoms with van der Waals surface area (Å²) in [5.41, 5.74) is 0.107. The van der Waals surface area contributed by atoms with Crippen molar-refractivity contribution in [3.63, 3.8) is 0 Å². The van der Waals surface area contributed by atoms with E-state index in [4.69, 9.17) is 0 Å². The second-order valence-electron chi connectivity index (χ2n) is 5.72. The third-order valence-electron chi connectivity index (χ3n) is 3.16. The standard InChI is InChI=1S/C13H26N2O/c1-5-11-7-6-10-15(11)12(16)8-9-14-13(2,3)4/h11,14H,5-10H2,1-4H3. The van der Waals surface area contributed by atoms with Gasteiger partial charge >= 0.3 is 0 Å². The maximum atomic E-state index is 12.0. The minimum absolute atomic E-state index is 0.107. The molecule has 0 radical (unpaired) electrons. The molecule has 1 aliphatic rings. The summed E-state index contributed by atoms with van der Waals surface area (Å²) in [6.07, 6.45) is 4.10. The van der Waals surface area contributed by atoms with Crippen molar-refractivity contribution in [3.8, 4) is 0 Å². The van der Waals surface area contributed by atoms with Crippen molar-refractivity contribution >= 4 is 5.91 Å². The van der Waals surface area contributed by atoms with E-state index in [1.54, 1.807) is 0 Å². The van der Waals surface area contributed by atoms with Gasteiger partial charge in [0.05, 0.1) is 0 Å². The largest absolute Gasteiger partial charge is 0.340 e. The van der Waals surface area contributed by atoms with Crippen LogP contribution in [0.4, 0.5) is 0 Å². The molecule has 0 saturated carbocycles. The molecule has 1 amide bonds. The molecule has 0 bridgehead atoms. The first-order valence-electron chi connectivity index (χ1n) is 6.48. The molecule has 94 valence electrons. The van der Waals surface area contributed by atoms with Gasteiger partial charge in [0.1, 0.15) is 0 Å². The Morgan fingerprint density at radius 2 is 2.12 bits per heavy atom. The van der Waals surface area contributed by atoms with Crippen molar-refractivity contribution in [2.75, 3.05) is 13.1 Å². The van der Waals surface area contributed by atoms with Crippen LogP contribution in [0.5, 0.6) is 0 Å². The van der Waals surface area contributed by atoms with Gasteiger partial charge in [-0.05, 0) is 40.0 Å². The molecule has 1 aliphatic heterocycles. The molecule has 1 fully saturated rings. The Kier molecular flexibility index (Phi) is 4.78. The van der Waals surface area contributed by atoms with Gasteiger partial charge in [-0.25, -0.2) is 0 Å². The Morgan fingerprint density at radius 3 is 2.69 bits per heavy atom. The Balaban J connectivity index is 2.29. The molecule has 3 nitrogen and oxygen atoms in total. The summed E-state index contributed by atoms with van der Waals surface area (Å²) in [5, 5.41) is 3.36. The molecule has 1 rings (SSSR count). The molecule has 1 N–H and O–H groups in total. The van der Waals surface area contributed by atoms with E-state index in [1.807, 2.05) is 0 Å². The predicted octanol–water partition coefficient (Wildman–Crippen LogP) is 2.17. The van der Waals surface area contributed by atoms with Crippen LogP contribution in [-0.2, 0) is 4.79 Å². The van der Waals surface area contributed by atoms with Crippen LogP contribution in [0.15, 0.2) is 0 Å². The lowest BCUT2D eigenvalue weighted by Crippen LogP contribution is -2.40. The molecule has 1 heterocycles. The number of nitrogens with zero attached hydrogens (tertiary/aromatic N) is 1. The van der Waals surface area contributed by atoms with Gasteiger partial charge in [0, 0.05) is 31.1 Å². The van der Waals surface area contributed by atoms with Gasteiger partial charge in [-0.15, -0.1) is 0 Å². The van der Waals surface area contributed by atoms with E-state index in [0.29, 0.717) is 18.4 Å². The molecule has 0 aromatic heterocycles. The summed E-state index contributed by atoms with van der Waals surface area (Å²) in [5.74, 6) is 0.320. The highest BCUT2D eigenvalue weighted by atomic mass is 16.2. The highest BCUT2D eigenvalue weighted by molar-refractivity contribution is 5.77. The second-order valence-corrected chi connectivity index (χ2v) is 5.72. The van der Waals surface area contributed by atoms with E-state index in [9.17, 15) is 4.79 Å². The van der Waals surface area contributed by atoms with Crippen molar-refractivity contribution in [1.82, 2.24) is 10.2 Å². The van der Waals surface area contributed by atoms with Gasteiger partial charge in [0.15, 0.2) is 0 Å². The third kappa shape index (κ3) is 4.12. The van der Waals surface area contributed by atoms with Gasteiger partial charge in [0.2, 0.25) is 5.91 Å². The van der Waals surface area contributed by atoms with E-state index in [0.717, 1.165) is 19.5 Å². The van der Waals surface area contributed by atoms with Gasteiger partial charge in [-0.3, -0.25) is 4.79 Å². The van der Waals surface area contributed by atoms with Crippen LogP contribution in [0.2, 0.25) is 0 Å². The lowest BCUT2D eigenvalue weighted by atomic mass is 10.1. The zero-order chi connectivity index (χ0) is 12.2. The lowest BCUT2D eigenvalue weighted by molar-refractivity contribution is -0.132. The summed E-state index contributed by atoms with van der Waals surface area (Å²) in [6, 6.07) is 0.502.